The Labute approximate surface area is 155 Å². The molecule has 9 nitrogen and oxygen atoms in total. The minimum Gasteiger partial charge on any atom is -0.390 e. The number of aromatic nitrogens is 4. The van der Waals surface area contributed by atoms with E-state index in [4.69, 9.17) is 0 Å². The van der Waals surface area contributed by atoms with E-state index in [9.17, 15) is 19.8 Å². The Hall–Kier alpha value is -2.26. The van der Waals surface area contributed by atoms with Crippen molar-refractivity contribution in [3.05, 3.63) is 28.6 Å². The number of carbonyl (C=O) groups excluding carboxylic acids is 1. The lowest BCUT2D eigenvalue weighted by Crippen LogP contribution is -2.66. The lowest BCUT2D eigenvalue weighted by molar-refractivity contribution is -0.228. The fourth-order valence-corrected chi connectivity index (χ4v) is 6.08. The molecule has 0 saturated heterocycles. The first-order valence-corrected chi connectivity index (χ1v) is 9.33. The number of nitrogens with one attached hydrogen (secondary N) is 1. The molecule has 2 atom stereocenters. The van der Waals surface area contributed by atoms with E-state index in [2.05, 4.69) is 15.5 Å². The van der Waals surface area contributed by atoms with Crippen LogP contribution in [0.1, 0.15) is 44.3 Å². The summed E-state index contributed by atoms with van der Waals surface area (Å²) in [5, 5.41) is 32.5. The van der Waals surface area contributed by atoms with Crippen molar-refractivity contribution in [2.45, 2.75) is 56.3 Å². The molecule has 1 amide bonds. The number of aliphatic hydroxyl groups is 2. The molecular weight excluding hydrogens is 350 g/mol. The quantitative estimate of drug-likeness (QED) is 0.666. The standard InChI is InChI=1S/C18H23N5O4/c1-22-2-3-23-12(20-21-13(23)14(22)24)7-19-15(25)16-4-11-5-17(26,8-16)10-18(27,6-11)9-16/h2-3,11,26-27H,4-10H2,1H3,(H,19,25). The lowest BCUT2D eigenvalue weighted by atomic mass is 9.46. The fraction of sp³-hybridized carbons (Fsp3) is 0.667. The van der Waals surface area contributed by atoms with Crippen molar-refractivity contribution in [3.63, 3.8) is 0 Å². The molecule has 3 N–H and O–H groups in total. The van der Waals surface area contributed by atoms with Crippen LogP contribution in [0.4, 0.5) is 0 Å². The van der Waals surface area contributed by atoms with Gasteiger partial charge in [0.05, 0.1) is 23.2 Å². The summed E-state index contributed by atoms with van der Waals surface area (Å²) in [6.07, 6.45) is 6.50. The summed E-state index contributed by atoms with van der Waals surface area (Å²) in [4.78, 5) is 25.2. The molecule has 27 heavy (non-hydrogen) atoms. The minimum absolute atomic E-state index is 0.135. The Bertz CT molecular complexity index is 993. The Balaban J connectivity index is 1.39. The Morgan fingerprint density at radius 1 is 1.19 bits per heavy atom. The molecule has 0 radical (unpaired) electrons. The van der Waals surface area contributed by atoms with E-state index in [-0.39, 0.29) is 29.6 Å². The van der Waals surface area contributed by atoms with Gasteiger partial charge in [0.2, 0.25) is 11.6 Å². The maximum absolute atomic E-state index is 13.1. The van der Waals surface area contributed by atoms with Crippen LogP contribution in [0.5, 0.6) is 0 Å². The van der Waals surface area contributed by atoms with Gasteiger partial charge in [0.1, 0.15) is 0 Å². The molecule has 2 aromatic rings. The van der Waals surface area contributed by atoms with Crippen LogP contribution >= 0.6 is 0 Å². The number of hydrogen-bond donors (Lipinski definition) is 3. The number of nitrogens with zero attached hydrogens (tertiary/aromatic N) is 4. The summed E-state index contributed by atoms with van der Waals surface area (Å²) >= 11 is 0. The number of carbonyl (C=O) groups is 1. The number of rotatable bonds is 3. The van der Waals surface area contributed by atoms with Gasteiger partial charge in [-0.25, -0.2) is 0 Å². The molecule has 4 fully saturated rings. The number of amides is 1. The van der Waals surface area contributed by atoms with Gasteiger partial charge in [-0.05, 0) is 38.0 Å². The highest BCUT2D eigenvalue weighted by molar-refractivity contribution is 5.83. The van der Waals surface area contributed by atoms with Crippen LogP contribution in [0.15, 0.2) is 17.2 Å². The average Bonchev–Trinajstić information content (AvgIpc) is 2.96. The molecule has 4 saturated carbocycles. The summed E-state index contributed by atoms with van der Waals surface area (Å²) in [5.74, 6) is 0.487. The predicted molar refractivity (Wildman–Crippen MR) is 93.6 cm³/mol. The van der Waals surface area contributed by atoms with Crippen LogP contribution in [0, 0.1) is 11.3 Å². The third-order valence-electron chi connectivity index (χ3n) is 6.62. The third-order valence-corrected chi connectivity index (χ3v) is 6.62. The van der Waals surface area contributed by atoms with Gasteiger partial charge in [0, 0.05) is 25.9 Å². The topological polar surface area (TPSA) is 122 Å². The molecule has 4 aliphatic carbocycles. The van der Waals surface area contributed by atoms with Gasteiger partial charge >= 0.3 is 0 Å². The molecule has 2 aromatic heterocycles. The second kappa shape index (κ2) is 5.17. The molecule has 0 aromatic carbocycles. The summed E-state index contributed by atoms with van der Waals surface area (Å²) in [5.41, 5.74) is -2.67. The van der Waals surface area contributed by atoms with Crippen LogP contribution in [0.25, 0.3) is 5.65 Å². The predicted octanol–water partition coefficient (Wildman–Crippen LogP) is -0.510. The van der Waals surface area contributed by atoms with E-state index in [0.29, 0.717) is 44.3 Å². The molecule has 144 valence electrons. The van der Waals surface area contributed by atoms with Gasteiger partial charge < -0.3 is 20.1 Å². The summed E-state index contributed by atoms with van der Waals surface area (Å²) in [6, 6.07) is 0. The van der Waals surface area contributed by atoms with Crippen molar-refractivity contribution in [2.24, 2.45) is 18.4 Å². The first-order chi connectivity index (χ1) is 12.7. The van der Waals surface area contributed by atoms with Crippen LogP contribution in [0.3, 0.4) is 0 Å². The van der Waals surface area contributed by atoms with Gasteiger partial charge in [-0.3, -0.25) is 14.0 Å². The molecule has 0 spiro atoms. The van der Waals surface area contributed by atoms with Gasteiger partial charge in [-0.2, -0.15) is 0 Å². The van der Waals surface area contributed by atoms with Crippen LogP contribution in [-0.4, -0.2) is 46.5 Å². The van der Waals surface area contributed by atoms with Crippen molar-refractivity contribution in [1.82, 2.24) is 24.5 Å². The zero-order valence-electron chi connectivity index (χ0n) is 15.2. The molecular formula is C18H23N5O4. The minimum atomic E-state index is -0.945. The van der Waals surface area contributed by atoms with Crippen molar-refractivity contribution in [2.75, 3.05) is 0 Å². The smallest absolute Gasteiger partial charge is 0.295 e. The van der Waals surface area contributed by atoms with E-state index in [1.807, 2.05) is 0 Å². The number of aryl methyl sites for hydroxylation is 1. The van der Waals surface area contributed by atoms with Crippen molar-refractivity contribution in [3.8, 4) is 0 Å². The largest absolute Gasteiger partial charge is 0.390 e. The van der Waals surface area contributed by atoms with Gasteiger partial charge in [0.25, 0.3) is 5.56 Å². The van der Waals surface area contributed by atoms with E-state index < -0.39 is 16.6 Å². The zero-order valence-corrected chi connectivity index (χ0v) is 15.2. The highest BCUT2D eigenvalue weighted by Gasteiger charge is 2.65. The van der Waals surface area contributed by atoms with Crippen LogP contribution in [-0.2, 0) is 18.4 Å². The SMILES string of the molecule is Cn1ccn2c(CNC(=O)C34CC5CC(O)(CC(O)(C5)C3)C4)nnc2c1=O. The summed E-state index contributed by atoms with van der Waals surface area (Å²) in [6.45, 7) is 0.135. The van der Waals surface area contributed by atoms with Crippen molar-refractivity contribution in [1.29, 1.82) is 0 Å². The van der Waals surface area contributed by atoms with Crippen molar-refractivity contribution >= 4 is 11.6 Å². The average molecular weight is 373 g/mol. The van der Waals surface area contributed by atoms with E-state index in [1.165, 1.54) is 4.57 Å². The molecule has 6 rings (SSSR count). The lowest BCUT2D eigenvalue weighted by Gasteiger charge is -2.62. The van der Waals surface area contributed by atoms with Crippen molar-refractivity contribution < 1.29 is 15.0 Å². The van der Waals surface area contributed by atoms with E-state index in [1.54, 1.807) is 23.8 Å². The highest BCUT2D eigenvalue weighted by atomic mass is 16.3. The Kier molecular flexibility index (Phi) is 3.23. The number of hydrogen-bond acceptors (Lipinski definition) is 6. The second-order valence-electron chi connectivity index (χ2n) is 8.94. The van der Waals surface area contributed by atoms with Gasteiger partial charge in [0.15, 0.2) is 5.82 Å². The molecule has 4 aliphatic rings. The third kappa shape index (κ3) is 2.45. The van der Waals surface area contributed by atoms with Gasteiger partial charge in [-0.1, -0.05) is 0 Å². The molecule has 9 heteroatoms. The first kappa shape index (κ1) is 16.9. The normalized spacial score (nSPS) is 37.1. The summed E-state index contributed by atoms with van der Waals surface area (Å²) in [7, 11) is 1.64. The summed E-state index contributed by atoms with van der Waals surface area (Å²) < 4.78 is 2.99. The maximum atomic E-state index is 13.1. The Morgan fingerprint density at radius 2 is 1.89 bits per heavy atom. The number of fused-ring (bicyclic) bond motifs is 1. The van der Waals surface area contributed by atoms with Crippen LogP contribution in [0.2, 0.25) is 0 Å². The maximum Gasteiger partial charge on any atom is 0.295 e. The van der Waals surface area contributed by atoms with Crippen LogP contribution < -0.4 is 10.9 Å². The van der Waals surface area contributed by atoms with E-state index in [0.717, 1.165) is 0 Å². The fourth-order valence-electron chi connectivity index (χ4n) is 6.08. The first-order valence-electron chi connectivity index (χ1n) is 9.33. The van der Waals surface area contributed by atoms with E-state index >= 15 is 0 Å². The molecule has 4 bridgehead atoms. The molecule has 2 heterocycles. The Morgan fingerprint density at radius 3 is 2.56 bits per heavy atom. The monoisotopic (exact) mass is 373 g/mol. The molecule has 2 unspecified atom stereocenters. The molecule has 0 aliphatic heterocycles. The zero-order chi connectivity index (χ0) is 19.0. The van der Waals surface area contributed by atoms with Gasteiger partial charge in [-0.15, -0.1) is 10.2 Å². The highest BCUT2D eigenvalue weighted by Crippen LogP contribution is 2.63. The second-order valence-corrected chi connectivity index (χ2v) is 8.94.